The van der Waals surface area contributed by atoms with Crippen molar-refractivity contribution < 1.29 is 19.1 Å². The lowest BCUT2D eigenvalue weighted by Gasteiger charge is -2.09. The van der Waals surface area contributed by atoms with Crippen molar-refractivity contribution in [2.24, 2.45) is 0 Å². The number of hydrogen-bond donors (Lipinski definition) is 1. The van der Waals surface area contributed by atoms with E-state index in [9.17, 15) is 4.79 Å². The molecule has 2 rings (SSSR count). The second-order valence-corrected chi connectivity index (χ2v) is 4.52. The molecule has 0 bridgehead atoms. The van der Waals surface area contributed by atoms with Crippen LogP contribution in [0.25, 0.3) is 0 Å². The second-order valence-electron chi connectivity index (χ2n) is 3.32. The van der Waals surface area contributed by atoms with E-state index in [-0.39, 0.29) is 11.8 Å². The van der Waals surface area contributed by atoms with Gasteiger partial charge in [0.05, 0.1) is 6.10 Å². The van der Waals surface area contributed by atoms with Gasteiger partial charge in [0.25, 0.3) is 5.22 Å². The van der Waals surface area contributed by atoms with E-state index >= 15 is 0 Å². The Morgan fingerprint density at radius 3 is 3.07 bits per heavy atom. The Morgan fingerprint density at radius 1 is 1.73 bits per heavy atom. The van der Waals surface area contributed by atoms with Gasteiger partial charge in [-0.2, -0.15) is 4.98 Å². The average molecular weight is 229 g/mol. The minimum Gasteiger partial charge on any atom is -0.476 e. The van der Waals surface area contributed by atoms with E-state index in [1.807, 2.05) is 6.92 Å². The zero-order chi connectivity index (χ0) is 10.8. The third kappa shape index (κ3) is 2.32. The molecule has 1 fully saturated rings. The lowest BCUT2D eigenvalue weighted by Crippen LogP contribution is -2.13. The van der Waals surface area contributed by atoms with E-state index in [2.05, 4.69) is 4.98 Å². The van der Waals surface area contributed by atoms with Gasteiger partial charge in [0.2, 0.25) is 0 Å². The molecule has 15 heavy (non-hydrogen) atoms. The Labute approximate surface area is 90.8 Å². The molecule has 1 aliphatic heterocycles. The largest absolute Gasteiger partial charge is 0.476 e. The molecule has 1 aromatic heterocycles. The molecule has 0 saturated carbocycles. The molecule has 1 N–H and O–H groups in total. The van der Waals surface area contributed by atoms with Crippen LogP contribution in [0.15, 0.2) is 15.9 Å². The average Bonchev–Trinajstić information content (AvgIpc) is 2.77. The maximum absolute atomic E-state index is 10.6. The molecule has 0 aromatic carbocycles. The first kappa shape index (κ1) is 10.5. The fourth-order valence-corrected chi connectivity index (χ4v) is 2.40. The minimum absolute atomic E-state index is 0.0518. The summed E-state index contributed by atoms with van der Waals surface area (Å²) in [6, 6.07) is 0. The van der Waals surface area contributed by atoms with Crippen molar-refractivity contribution >= 4 is 17.7 Å². The lowest BCUT2D eigenvalue weighted by molar-refractivity contribution is 0.0690. The predicted octanol–water partition coefficient (Wildman–Crippen LogP) is 1.64. The third-order valence-corrected chi connectivity index (χ3v) is 3.57. The van der Waals surface area contributed by atoms with Crippen molar-refractivity contribution in [1.82, 2.24) is 4.98 Å². The molecule has 0 spiro atoms. The van der Waals surface area contributed by atoms with Crippen molar-refractivity contribution in [2.75, 3.05) is 6.61 Å². The first-order valence-corrected chi connectivity index (χ1v) is 5.52. The van der Waals surface area contributed by atoms with Crippen LogP contribution in [-0.2, 0) is 4.74 Å². The molecule has 2 heterocycles. The number of carbonyl (C=O) groups is 1. The van der Waals surface area contributed by atoms with Crippen molar-refractivity contribution in [3.05, 3.63) is 12.0 Å². The highest BCUT2D eigenvalue weighted by atomic mass is 32.2. The van der Waals surface area contributed by atoms with Crippen LogP contribution >= 0.6 is 11.8 Å². The summed E-state index contributed by atoms with van der Waals surface area (Å²) in [6.45, 7) is 2.73. The highest BCUT2D eigenvalue weighted by molar-refractivity contribution is 7.99. The van der Waals surface area contributed by atoms with E-state index in [4.69, 9.17) is 14.3 Å². The molecule has 1 saturated heterocycles. The smallest absolute Gasteiger partial charge is 0.357 e. The molecule has 0 radical (unpaired) electrons. The summed E-state index contributed by atoms with van der Waals surface area (Å²) in [6.07, 6.45) is 2.26. The van der Waals surface area contributed by atoms with Gasteiger partial charge in [-0.3, -0.25) is 0 Å². The Hall–Kier alpha value is -1.01. The number of ether oxygens (including phenoxy) is 1. The first-order chi connectivity index (χ1) is 7.16. The lowest BCUT2D eigenvalue weighted by atomic mass is 10.3. The van der Waals surface area contributed by atoms with Crippen molar-refractivity contribution in [1.29, 1.82) is 0 Å². The van der Waals surface area contributed by atoms with Gasteiger partial charge in [-0.15, -0.1) is 0 Å². The molecule has 6 heteroatoms. The maximum Gasteiger partial charge on any atom is 0.357 e. The van der Waals surface area contributed by atoms with Crippen LogP contribution < -0.4 is 0 Å². The number of aromatic nitrogens is 1. The first-order valence-electron chi connectivity index (χ1n) is 4.64. The van der Waals surface area contributed by atoms with E-state index < -0.39 is 5.97 Å². The van der Waals surface area contributed by atoms with Crippen LogP contribution in [0.2, 0.25) is 0 Å². The summed E-state index contributed by atoms with van der Waals surface area (Å²) in [5.74, 6) is -1.07. The van der Waals surface area contributed by atoms with E-state index in [0.29, 0.717) is 10.5 Å². The zero-order valence-electron chi connectivity index (χ0n) is 8.17. The van der Waals surface area contributed by atoms with Crippen molar-refractivity contribution in [2.45, 2.75) is 29.9 Å². The highest BCUT2D eigenvalue weighted by Gasteiger charge is 2.27. The number of rotatable bonds is 3. The second kappa shape index (κ2) is 4.24. The van der Waals surface area contributed by atoms with Gasteiger partial charge in [0.15, 0.2) is 5.69 Å². The van der Waals surface area contributed by atoms with Gasteiger partial charge in [-0.1, -0.05) is 11.8 Å². The molecular weight excluding hydrogens is 218 g/mol. The fourth-order valence-electron chi connectivity index (χ4n) is 1.41. The molecule has 82 valence electrons. The maximum atomic E-state index is 10.6. The molecule has 1 aliphatic rings. The monoisotopic (exact) mass is 229 g/mol. The van der Waals surface area contributed by atoms with Gasteiger partial charge in [0, 0.05) is 11.9 Å². The number of nitrogens with zero attached hydrogens (tertiary/aromatic N) is 1. The number of oxazole rings is 1. The van der Waals surface area contributed by atoms with E-state index in [0.717, 1.165) is 19.3 Å². The normalized spacial score (nSPS) is 25.7. The standard InChI is InChI=1S/C9H11NO4S/c1-5-7(2-3-13-5)15-9-10-6(4-14-9)8(11)12/h4-5,7H,2-3H2,1H3,(H,11,12). The van der Waals surface area contributed by atoms with Crippen LogP contribution in [0.3, 0.4) is 0 Å². The summed E-state index contributed by atoms with van der Waals surface area (Å²) in [4.78, 5) is 14.4. The number of thioether (sulfide) groups is 1. The van der Waals surface area contributed by atoms with Gasteiger partial charge in [0.1, 0.15) is 6.26 Å². The molecule has 0 amide bonds. The van der Waals surface area contributed by atoms with Crippen LogP contribution in [0, 0.1) is 0 Å². The predicted molar refractivity (Wildman–Crippen MR) is 53.1 cm³/mol. The molecule has 1 aromatic rings. The number of aromatic carboxylic acids is 1. The molecule has 0 aliphatic carbocycles. The molecule has 2 unspecified atom stereocenters. The summed E-state index contributed by atoms with van der Waals surface area (Å²) >= 11 is 1.43. The van der Waals surface area contributed by atoms with Crippen molar-refractivity contribution in [3.8, 4) is 0 Å². The summed E-state index contributed by atoms with van der Waals surface area (Å²) < 4.78 is 10.4. The number of carboxylic acids is 1. The van der Waals surface area contributed by atoms with E-state index in [1.165, 1.54) is 11.8 Å². The quantitative estimate of drug-likeness (QED) is 0.849. The van der Waals surface area contributed by atoms with Crippen LogP contribution in [0.5, 0.6) is 0 Å². The minimum atomic E-state index is -1.07. The van der Waals surface area contributed by atoms with Crippen LogP contribution in [-0.4, -0.2) is 34.0 Å². The van der Waals surface area contributed by atoms with Gasteiger partial charge in [-0.25, -0.2) is 4.79 Å². The Balaban J connectivity index is 2.01. The van der Waals surface area contributed by atoms with E-state index in [1.54, 1.807) is 0 Å². The summed E-state index contributed by atoms with van der Waals surface area (Å²) in [5, 5.41) is 9.35. The molecule has 5 nitrogen and oxygen atoms in total. The van der Waals surface area contributed by atoms with Crippen LogP contribution in [0.4, 0.5) is 0 Å². The van der Waals surface area contributed by atoms with Crippen LogP contribution in [0.1, 0.15) is 23.8 Å². The summed E-state index contributed by atoms with van der Waals surface area (Å²) in [7, 11) is 0. The van der Waals surface area contributed by atoms with Gasteiger partial charge < -0.3 is 14.3 Å². The zero-order valence-corrected chi connectivity index (χ0v) is 8.99. The van der Waals surface area contributed by atoms with Gasteiger partial charge in [-0.05, 0) is 13.3 Å². The number of hydrogen-bond acceptors (Lipinski definition) is 5. The molecular formula is C9H11NO4S. The highest BCUT2D eigenvalue weighted by Crippen LogP contribution is 2.31. The summed E-state index contributed by atoms with van der Waals surface area (Å²) in [5.41, 5.74) is -0.0518. The SMILES string of the molecule is CC1OCCC1Sc1nc(C(=O)O)co1. The Morgan fingerprint density at radius 2 is 2.53 bits per heavy atom. The Bertz CT molecular complexity index is 365. The Kier molecular flexibility index (Phi) is 2.97. The van der Waals surface area contributed by atoms with Gasteiger partial charge >= 0.3 is 5.97 Å². The van der Waals surface area contributed by atoms with Crippen molar-refractivity contribution in [3.63, 3.8) is 0 Å². The molecule has 2 atom stereocenters. The topological polar surface area (TPSA) is 72.6 Å². The number of carboxylic acid groups (broad SMARTS) is 1. The third-order valence-electron chi connectivity index (χ3n) is 2.26. The fraction of sp³-hybridized carbons (Fsp3) is 0.556.